The molecule has 0 aliphatic carbocycles. The van der Waals surface area contributed by atoms with Gasteiger partial charge in [-0.25, -0.2) is 9.13 Å². The summed E-state index contributed by atoms with van der Waals surface area (Å²) in [6.45, 7) is 9.48. The smallest absolute Gasteiger partial charge is 0.462 e. The minimum atomic E-state index is -4.95. The Kier molecular flexibility index (Phi) is 64.6. The molecule has 17 nitrogen and oxygen atoms in total. The van der Waals surface area contributed by atoms with Crippen LogP contribution in [0.2, 0.25) is 0 Å². The number of phosphoric acid groups is 2. The molecule has 2 unspecified atom stereocenters. The highest BCUT2D eigenvalue weighted by Gasteiger charge is 2.30. The number of ether oxygens (including phenoxy) is 4. The molecular weight excluding hydrogens is 1220 g/mol. The number of aliphatic hydroxyl groups excluding tert-OH is 1. The van der Waals surface area contributed by atoms with Crippen molar-refractivity contribution in [1.82, 2.24) is 0 Å². The summed E-state index contributed by atoms with van der Waals surface area (Å²) in [4.78, 5) is 72.5. The van der Waals surface area contributed by atoms with Gasteiger partial charge in [0.1, 0.15) is 19.3 Å². The number of rotatable bonds is 73. The number of aliphatic hydroxyl groups is 1. The van der Waals surface area contributed by atoms with Gasteiger partial charge in [0, 0.05) is 25.7 Å². The van der Waals surface area contributed by atoms with E-state index in [1.807, 2.05) is 0 Å². The lowest BCUT2D eigenvalue weighted by Crippen LogP contribution is -2.30. The van der Waals surface area contributed by atoms with Crippen molar-refractivity contribution < 1.29 is 80.2 Å². The van der Waals surface area contributed by atoms with Crippen molar-refractivity contribution in [1.29, 1.82) is 0 Å². The van der Waals surface area contributed by atoms with E-state index in [4.69, 9.17) is 37.0 Å². The fourth-order valence-electron chi connectivity index (χ4n) is 11.3. The van der Waals surface area contributed by atoms with Gasteiger partial charge in [-0.15, -0.1) is 0 Å². The van der Waals surface area contributed by atoms with Crippen LogP contribution >= 0.6 is 15.6 Å². The molecule has 0 aromatic rings. The fraction of sp³-hybridized carbons (Fsp3) is 0.946. The second-order valence-electron chi connectivity index (χ2n) is 27.6. The van der Waals surface area contributed by atoms with Crippen LogP contribution in [-0.2, 0) is 65.4 Å². The van der Waals surface area contributed by atoms with Gasteiger partial charge in [0.2, 0.25) is 0 Å². The summed E-state index contributed by atoms with van der Waals surface area (Å²) in [6.07, 6.45) is 53.1. The third-order valence-electron chi connectivity index (χ3n) is 17.2. The highest BCUT2D eigenvalue weighted by Crippen LogP contribution is 2.45. The Morgan fingerprint density at radius 3 is 0.731 bits per heavy atom. The number of hydrogen-bond donors (Lipinski definition) is 3. The summed E-state index contributed by atoms with van der Waals surface area (Å²) in [5, 5.41) is 10.6. The van der Waals surface area contributed by atoms with Gasteiger partial charge in [-0.1, -0.05) is 330 Å². The van der Waals surface area contributed by atoms with Gasteiger partial charge in [-0.2, -0.15) is 0 Å². The Hall–Kier alpha value is -1.94. The second-order valence-corrected chi connectivity index (χ2v) is 30.5. The van der Waals surface area contributed by atoms with E-state index in [0.29, 0.717) is 31.6 Å². The van der Waals surface area contributed by atoms with Crippen molar-refractivity contribution in [3.63, 3.8) is 0 Å². The van der Waals surface area contributed by atoms with E-state index >= 15 is 0 Å². The van der Waals surface area contributed by atoms with Crippen LogP contribution in [0.15, 0.2) is 0 Å². The molecule has 5 atom stereocenters. The first-order valence-electron chi connectivity index (χ1n) is 38.5. The molecule has 0 spiro atoms. The van der Waals surface area contributed by atoms with E-state index in [1.165, 1.54) is 193 Å². The van der Waals surface area contributed by atoms with Crippen LogP contribution in [-0.4, -0.2) is 96.7 Å². The Labute approximate surface area is 568 Å². The Morgan fingerprint density at radius 2 is 0.495 bits per heavy atom. The van der Waals surface area contributed by atoms with Crippen LogP contribution in [0, 0.1) is 11.8 Å². The molecule has 0 radical (unpaired) electrons. The monoisotopic (exact) mass is 1370 g/mol. The summed E-state index contributed by atoms with van der Waals surface area (Å²) >= 11 is 0. The molecule has 0 rings (SSSR count). The normalized spacial score (nSPS) is 14.1. The predicted molar refractivity (Wildman–Crippen MR) is 377 cm³/mol. The Balaban J connectivity index is 5.18. The molecule has 0 heterocycles. The second kappa shape index (κ2) is 66.0. The quantitative estimate of drug-likeness (QED) is 0.0222. The van der Waals surface area contributed by atoms with Crippen molar-refractivity contribution >= 4 is 39.5 Å². The molecule has 93 heavy (non-hydrogen) atoms. The SMILES string of the molecule is CCCCCCCCCCCCCCCCCCCCCC(=O)O[C@H](COC(=O)CCCCCCCCCCCCCCCCC(C)C)COP(=O)(O)OC[C@@H](O)COP(=O)(O)OC[C@@H](COC(=O)CCCCCCCCCC)OC(=O)CCCCCCCCC(C)C. The minimum Gasteiger partial charge on any atom is -0.462 e. The average molecular weight is 1370 g/mol. The van der Waals surface area contributed by atoms with E-state index < -0.39 is 97.5 Å². The van der Waals surface area contributed by atoms with E-state index in [2.05, 4.69) is 41.5 Å². The summed E-state index contributed by atoms with van der Waals surface area (Å²) < 4.78 is 68.3. The van der Waals surface area contributed by atoms with Gasteiger partial charge >= 0.3 is 39.5 Å². The lowest BCUT2D eigenvalue weighted by molar-refractivity contribution is -0.161. The van der Waals surface area contributed by atoms with Gasteiger partial charge in [-0.3, -0.25) is 37.3 Å². The topological polar surface area (TPSA) is 237 Å². The number of phosphoric ester groups is 2. The van der Waals surface area contributed by atoms with E-state index in [-0.39, 0.29) is 25.7 Å². The Bertz CT molecular complexity index is 1800. The highest BCUT2D eigenvalue weighted by molar-refractivity contribution is 7.47. The van der Waals surface area contributed by atoms with Crippen molar-refractivity contribution in [2.75, 3.05) is 39.6 Å². The van der Waals surface area contributed by atoms with Crippen molar-refractivity contribution in [3.05, 3.63) is 0 Å². The van der Waals surface area contributed by atoms with E-state index in [9.17, 15) is 43.2 Å². The van der Waals surface area contributed by atoms with E-state index in [1.54, 1.807) is 0 Å². The number of unbranched alkanes of at least 4 members (excludes halogenated alkanes) is 43. The molecule has 0 amide bonds. The largest absolute Gasteiger partial charge is 0.472 e. The molecule has 3 N–H and O–H groups in total. The van der Waals surface area contributed by atoms with Gasteiger partial charge in [-0.05, 0) is 37.5 Å². The number of hydrogen-bond acceptors (Lipinski definition) is 15. The maximum absolute atomic E-state index is 13.1. The lowest BCUT2D eigenvalue weighted by atomic mass is 10.0. The van der Waals surface area contributed by atoms with Crippen LogP contribution in [0.5, 0.6) is 0 Å². The summed E-state index contributed by atoms with van der Waals surface area (Å²) in [5.41, 5.74) is 0. The van der Waals surface area contributed by atoms with Gasteiger partial charge in [0.05, 0.1) is 26.4 Å². The molecule has 0 aliphatic heterocycles. The predicted octanol–water partition coefficient (Wildman–Crippen LogP) is 21.6. The highest BCUT2D eigenvalue weighted by atomic mass is 31.2. The van der Waals surface area contributed by atoms with Crippen molar-refractivity contribution in [2.24, 2.45) is 11.8 Å². The molecule has 19 heteroatoms. The van der Waals surface area contributed by atoms with Crippen LogP contribution in [0.1, 0.15) is 382 Å². The fourth-order valence-corrected chi connectivity index (χ4v) is 12.9. The molecular formula is C74H144O17P2. The van der Waals surface area contributed by atoms with Gasteiger partial charge in [0.15, 0.2) is 12.2 Å². The van der Waals surface area contributed by atoms with Crippen LogP contribution in [0.25, 0.3) is 0 Å². The average Bonchev–Trinajstić information content (AvgIpc) is 1.94. The number of esters is 4. The first kappa shape index (κ1) is 91.1. The molecule has 0 saturated heterocycles. The van der Waals surface area contributed by atoms with Crippen LogP contribution in [0.4, 0.5) is 0 Å². The summed E-state index contributed by atoms with van der Waals surface area (Å²) in [7, 11) is -9.90. The molecule has 0 saturated carbocycles. The minimum absolute atomic E-state index is 0.102. The van der Waals surface area contributed by atoms with Gasteiger partial charge < -0.3 is 33.8 Å². The first-order valence-corrected chi connectivity index (χ1v) is 41.5. The van der Waals surface area contributed by atoms with Crippen molar-refractivity contribution in [2.45, 2.75) is 400 Å². The van der Waals surface area contributed by atoms with Crippen molar-refractivity contribution in [3.8, 4) is 0 Å². The standard InChI is InChI=1S/C74H144O17P2/c1-7-9-11-13-15-17-18-19-20-21-22-23-24-29-32-35-39-46-52-58-73(78)90-69(62-85-72(77)57-51-45-38-34-31-28-26-25-27-30-33-36-42-48-54-66(3)4)64-88-92(80,81)86-60-68(75)61-87-93(82,83)89-65-70(63-84-71(76)56-50-44-37-16-14-12-10-8-2)91-74(79)59-53-47-41-40-43-49-55-67(5)6/h66-70,75H,7-65H2,1-6H3,(H,80,81)(H,82,83)/t68-,69-,70-/m1/s1. The number of carbonyl (C=O) groups is 4. The van der Waals surface area contributed by atoms with Crippen LogP contribution in [0.3, 0.4) is 0 Å². The lowest BCUT2D eigenvalue weighted by Gasteiger charge is -2.21. The summed E-state index contributed by atoms with van der Waals surface area (Å²) in [6, 6.07) is 0. The molecule has 0 aliphatic rings. The number of carbonyl (C=O) groups excluding carboxylic acids is 4. The third-order valence-corrected chi connectivity index (χ3v) is 19.1. The zero-order valence-corrected chi connectivity index (χ0v) is 62.3. The molecule has 0 aromatic carbocycles. The third kappa shape index (κ3) is 68.4. The van der Waals surface area contributed by atoms with Gasteiger partial charge in [0.25, 0.3) is 0 Å². The first-order chi connectivity index (χ1) is 44.9. The van der Waals surface area contributed by atoms with Crippen LogP contribution < -0.4 is 0 Å². The zero-order valence-electron chi connectivity index (χ0n) is 60.6. The van der Waals surface area contributed by atoms with E-state index in [0.717, 1.165) is 102 Å². The zero-order chi connectivity index (χ0) is 68.6. The molecule has 552 valence electrons. The Morgan fingerprint density at radius 1 is 0.290 bits per heavy atom. The molecule has 0 aromatic heterocycles. The maximum atomic E-state index is 13.1. The molecule has 0 bridgehead atoms. The molecule has 0 fully saturated rings. The summed E-state index contributed by atoms with van der Waals surface area (Å²) in [5.74, 6) is -0.657. The maximum Gasteiger partial charge on any atom is 0.472 e.